The highest BCUT2D eigenvalue weighted by atomic mass is 79.9. The fraction of sp³-hybridized carbons (Fsp3) is 0.444. The van der Waals surface area contributed by atoms with Crippen LogP contribution in [0.15, 0.2) is 27.6 Å². The second kappa shape index (κ2) is 3.05. The minimum Gasteiger partial charge on any atom is -0.302 e. The Balaban J connectivity index is 2.32. The summed E-state index contributed by atoms with van der Waals surface area (Å²) in [5.74, 6) is 0.737. The van der Waals surface area contributed by atoms with Crippen molar-refractivity contribution in [2.45, 2.75) is 19.4 Å². The van der Waals surface area contributed by atoms with Crippen LogP contribution in [0.5, 0.6) is 0 Å². The van der Waals surface area contributed by atoms with Gasteiger partial charge in [-0.1, -0.05) is 6.07 Å². The standard InChI is InChI=1S/C9H10BrNO/c10-8-2-1-3-9(12)11(8)6-7-4-5-7/h1-3,7H,4-6H2. The highest BCUT2D eigenvalue weighted by molar-refractivity contribution is 9.10. The predicted molar refractivity (Wildman–Crippen MR) is 51.1 cm³/mol. The van der Waals surface area contributed by atoms with Crippen LogP contribution >= 0.6 is 15.9 Å². The van der Waals surface area contributed by atoms with Crippen molar-refractivity contribution in [3.05, 3.63) is 33.2 Å². The van der Waals surface area contributed by atoms with Crippen LogP contribution in [0.1, 0.15) is 12.8 Å². The number of nitrogens with zero attached hydrogens (tertiary/aromatic N) is 1. The molecule has 0 unspecified atom stereocenters. The zero-order chi connectivity index (χ0) is 8.55. The molecule has 1 aromatic heterocycles. The van der Waals surface area contributed by atoms with E-state index in [1.165, 1.54) is 12.8 Å². The molecule has 64 valence electrons. The molecule has 1 saturated carbocycles. The molecule has 2 nitrogen and oxygen atoms in total. The highest BCUT2D eigenvalue weighted by Crippen LogP contribution is 2.30. The largest absolute Gasteiger partial charge is 0.302 e. The van der Waals surface area contributed by atoms with Crippen molar-refractivity contribution < 1.29 is 0 Å². The quantitative estimate of drug-likeness (QED) is 0.710. The Morgan fingerprint density at radius 3 is 2.83 bits per heavy atom. The van der Waals surface area contributed by atoms with Gasteiger partial charge in [0.05, 0.1) is 4.60 Å². The van der Waals surface area contributed by atoms with Crippen LogP contribution < -0.4 is 5.56 Å². The van der Waals surface area contributed by atoms with E-state index < -0.39 is 0 Å². The molecule has 12 heavy (non-hydrogen) atoms. The van der Waals surface area contributed by atoms with Gasteiger partial charge in [0.1, 0.15) is 0 Å². The van der Waals surface area contributed by atoms with E-state index in [2.05, 4.69) is 15.9 Å². The monoisotopic (exact) mass is 227 g/mol. The van der Waals surface area contributed by atoms with Gasteiger partial charge in [-0.05, 0) is 40.8 Å². The van der Waals surface area contributed by atoms with Crippen molar-refractivity contribution in [3.63, 3.8) is 0 Å². The Morgan fingerprint density at radius 1 is 1.50 bits per heavy atom. The normalized spacial score (nSPS) is 16.4. The van der Waals surface area contributed by atoms with Gasteiger partial charge in [0.25, 0.3) is 5.56 Å². The number of hydrogen-bond acceptors (Lipinski definition) is 1. The van der Waals surface area contributed by atoms with Crippen molar-refractivity contribution >= 4 is 15.9 Å². The number of pyridine rings is 1. The van der Waals surface area contributed by atoms with Crippen LogP contribution in [0, 0.1) is 5.92 Å². The van der Waals surface area contributed by atoms with Crippen LogP contribution in [0.25, 0.3) is 0 Å². The first-order chi connectivity index (χ1) is 5.77. The van der Waals surface area contributed by atoms with Crippen molar-refractivity contribution in [1.82, 2.24) is 4.57 Å². The third kappa shape index (κ3) is 1.61. The smallest absolute Gasteiger partial charge is 0.251 e. The maximum atomic E-state index is 11.3. The average Bonchev–Trinajstić information content (AvgIpc) is 2.80. The number of halogens is 1. The summed E-state index contributed by atoms with van der Waals surface area (Å²) in [4.78, 5) is 11.3. The minimum atomic E-state index is 0.0938. The Labute approximate surface area is 79.3 Å². The minimum absolute atomic E-state index is 0.0938. The summed E-state index contributed by atoms with van der Waals surface area (Å²) in [5, 5.41) is 0. The molecule has 2 rings (SSSR count). The van der Waals surface area contributed by atoms with Gasteiger partial charge in [0.2, 0.25) is 0 Å². The Bertz CT molecular complexity index is 341. The topological polar surface area (TPSA) is 22.0 Å². The number of aromatic nitrogens is 1. The summed E-state index contributed by atoms with van der Waals surface area (Å²) < 4.78 is 2.68. The second-order valence-corrected chi connectivity index (χ2v) is 4.05. The lowest BCUT2D eigenvalue weighted by molar-refractivity contribution is 0.595. The van der Waals surface area contributed by atoms with Crippen molar-refractivity contribution in [3.8, 4) is 0 Å². The van der Waals surface area contributed by atoms with Gasteiger partial charge < -0.3 is 4.57 Å². The zero-order valence-corrected chi connectivity index (χ0v) is 8.25. The van der Waals surface area contributed by atoms with E-state index in [1.54, 1.807) is 16.7 Å². The first-order valence-corrected chi connectivity index (χ1v) is 4.92. The number of hydrogen-bond donors (Lipinski definition) is 0. The van der Waals surface area contributed by atoms with Gasteiger partial charge in [0, 0.05) is 12.6 Å². The summed E-state index contributed by atoms with van der Waals surface area (Å²) in [7, 11) is 0. The van der Waals surface area contributed by atoms with Crippen LogP contribution in [0.3, 0.4) is 0 Å². The molecule has 0 amide bonds. The molecule has 3 heteroatoms. The molecule has 0 atom stereocenters. The molecular formula is C9H10BrNO. The molecule has 1 heterocycles. The SMILES string of the molecule is O=c1cccc(Br)n1CC1CC1. The molecule has 1 fully saturated rings. The fourth-order valence-corrected chi connectivity index (χ4v) is 1.70. The van der Waals surface area contributed by atoms with Crippen LogP contribution in [0.4, 0.5) is 0 Å². The lowest BCUT2D eigenvalue weighted by Gasteiger charge is -2.05. The first-order valence-electron chi connectivity index (χ1n) is 4.13. The van der Waals surface area contributed by atoms with Gasteiger partial charge in [-0.2, -0.15) is 0 Å². The molecular weight excluding hydrogens is 218 g/mol. The van der Waals surface area contributed by atoms with Crippen molar-refractivity contribution in [2.75, 3.05) is 0 Å². The molecule has 1 aliphatic rings. The van der Waals surface area contributed by atoms with Crippen LogP contribution in [-0.4, -0.2) is 4.57 Å². The Morgan fingerprint density at radius 2 is 2.25 bits per heavy atom. The summed E-state index contributed by atoms with van der Waals surface area (Å²) in [6, 6.07) is 5.28. The lowest BCUT2D eigenvalue weighted by Crippen LogP contribution is -2.20. The molecule has 0 radical (unpaired) electrons. The summed E-state index contributed by atoms with van der Waals surface area (Å²) in [5.41, 5.74) is 0.0938. The average molecular weight is 228 g/mol. The zero-order valence-electron chi connectivity index (χ0n) is 6.66. The molecule has 1 aliphatic carbocycles. The molecule has 0 aliphatic heterocycles. The molecule has 0 aromatic carbocycles. The Kier molecular flexibility index (Phi) is 2.05. The fourth-order valence-electron chi connectivity index (χ4n) is 1.23. The van der Waals surface area contributed by atoms with Gasteiger partial charge in [-0.15, -0.1) is 0 Å². The van der Waals surface area contributed by atoms with E-state index in [4.69, 9.17) is 0 Å². The van der Waals surface area contributed by atoms with E-state index in [0.717, 1.165) is 17.1 Å². The summed E-state index contributed by atoms with van der Waals surface area (Å²) in [6.45, 7) is 0.875. The lowest BCUT2D eigenvalue weighted by atomic mass is 10.4. The molecule has 0 N–H and O–H groups in total. The van der Waals surface area contributed by atoms with Crippen LogP contribution in [0.2, 0.25) is 0 Å². The van der Waals surface area contributed by atoms with Gasteiger partial charge in [0.15, 0.2) is 0 Å². The van der Waals surface area contributed by atoms with E-state index in [0.29, 0.717) is 0 Å². The van der Waals surface area contributed by atoms with E-state index >= 15 is 0 Å². The van der Waals surface area contributed by atoms with Crippen molar-refractivity contribution in [2.24, 2.45) is 5.92 Å². The first kappa shape index (κ1) is 8.05. The van der Waals surface area contributed by atoms with E-state index in [1.807, 2.05) is 6.07 Å². The molecule has 0 saturated heterocycles. The van der Waals surface area contributed by atoms with Gasteiger partial charge in [-0.25, -0.2) is 0 Å². The van der Waals surface area contributed by atoms with E-state index in [9.17, 15) is 4.79 Å². The van der Waals surface area contributed by atoms with Gasteiger partial charge >= 0.3 is 0 Å². The molecule has 0 bridgehead atoms. The molecule has 1 aromatic rings. The van der Waals surface area contributed by atoms with Crippen LogP contribution in [-0.2, 0) is 6.54 Å². The van der Waals surface area contributed by atoms with E-state index in [-0.39, 0.29) is 5.56 Å². The third-order valence-electron chi connectivity index (χ3n) is 2.13. The maximum absolute atomic E-state index is 11.3. The number of rotatable bonds is 2. The second-order valence-electron chi connectivity index (χ2n) is 3.24. The predicted octanol–water partition coefficient (Wildman–Crippen LogP) is 2.02. The highest BCUT2D eigenvalue weighted by Gasteiger charge is 2.22. The summed E-state index contributed by atoms with van der Waals surface area (Å²) in [6.07, 6.45) is 2.54. The Hall–Kier alpha value is -0.570. The maximum Gasteiger partial charge on any atom is 0.251 e. The molecule has 0 spiro atoms. The summed E-state index contributed by atoms with van der Waals surface area (Å²) >= 11 is 3.37. The van der Waals surface area contributed by atoms with Crippen molar-refractivity contribution in [1.29, 1.82) is 0 Å². The third-order valence-corrected chi connectivity index (χ3v) is 2.83. The van der Waals surface area contributed by atoms with Gasteiger partial charge in [-0.3, -0.25) is 4.79 Å².